The van der Waals surface area contributed by atoms with E-state index in [2.05, 4.69) is 18.7 Å². The van der Waals surface area contributed by atoms with Gasteiger partial charge in [-0.2, -0.15) is 0 Å². The zero-order chi connectivity index (χ0) is 17.0. The van der Waals surface area contributed by atoms with Crippen LogP contribution in [-0.2, 0) is 4.79 Å². The van der Waals surface area contributed by atoms with Gasteiger partial charge in [0, 0.05) is 32.2 Å². The molecule has 4 unspecified atom stereocenters. The summed E-state index contributed by atoms with van der Waals surface area (Å²) in [6.45, 7) is 9.62. The third kappa shape index (κ3) is 5.85. The smallest absolute Gasteiger partial charge is 0.227 e. The number of nitrogens with zero attached hydrogens (tertiary/aromatic N) is 2. The number of hydrogen-bond acceptors (Lipinski definition) is 3. The number of piperidine rings is 1. The number of hydrogen-bond donors (Lipinski definition) is 1. The van der Waals surface area contributed by atoms with Crippen molar-refractivity contribution in [2.75, 3.05) is 26.7 Å². The molecule has 1 heterocycles. The van der Waals surface area contributed by atoms with Crippen LogP contribution in [0.15, 0.2) is 30.3 Å². The van der Waals surface area contributed by atoms with Crippen LogP contribution in [0.25, 0.3) is 0 Å². The highest BCUT2D eigenvalue weighted by molar-refractivity contribution is 5.85. The normalized spacial score (nSPS) is 22.9. The molecule has 1 amide bonds. The minimum absolute atomic E-state index is 0. The van der Waals surface area contributed by atoms with E-state index in [-0.39, 0.29) is 42.7 Å². The highest BCUT2D eigenvalue weighted by atomic mass is 35.5. The van der Waals surface area contributed by atoms with Crippen molar-refractivity contribution in [2.45, 2.75) is 39.3 Å². The van der Waals surface area contributed by atoms with Gasteiger partial charge in [-0.05, 0) is 24.4 Å². The molecule has 0 aromatic heterocycles. The quantitative estimate of drug-likeness (QED) is 0.839. The Morgan fingerprint density at radius 2 is 1.92 bits per heavy atom. The zero-order valence-corrected chi connectivity index (χ0v) is 17.4. The second-order valence-corrected chi connectivity index (χ2v) is 6.90. The Hall–Kier alpha value is -0.810. The number of carbonyl (C=O) groups excluding carboxylic acids is 1. The first-order chi connectivity index (χ1) is 11.0. The summed E-state index contributed by atoms with van der Waals surface area (Å²) in [6, 6.07) is 9.97. The second kappa shape index (κ2) is 11.0. The third-order valence-electron chi connectivity index (χ3n) is 5.35. The average molecular weight is 390 g/mol. The summed E-state index contributed by atoms with van der Waals surface area (Å²) in [5.41, 5.74) is 7.35. The Kier molecular flexibility index (Phi) is 10.7. The number of likely N-dealkylation sites (tertiary alicyclic amines) is 1. The van der Waals surface area contributed by atoms with Gasteiger partial charge >= 0.3 is 0 Å². The van der Waals surface area contributed by atoms with Crippen molar-refractivity contribution in [3.63, 3.8) is 0 Å². The summed E-state index contributed by atoms with van der Waals surface area (Å²) >= 11 is 0. The molecular formula is C19H33Cl2N3O. The van der Waals surface area contributed by atoms with E-state index in [0.29, 0.717) is 12.0 Å². The fraction of sp³-hybridized carbons (Fsp3) is 0.632. The fourth-order valence-electron chi connectivity index (χ4n) is 3.68. The van der Waals surface area contributed by atoms with Gasteiger partial charge in [-0.1, -0.05) is 51.1 Å². The van der Waals surface area contributed by atoms with Crippen molar-refractivity contribution < 1.29 is 4.79 Å². The lowest BCUT2D eigenvalue weighted by Crippen LogP contribution is -2.52. The van der Waals surface area contributed by atoms with Crippen molar-refractivity contribution in [1.29, 1.82) is 0 Å². The fourth-order valence-corrected chi connectivity index (χ4v) is 3.68. The Labute approximate surface area is 164 Å². The lowest BCUT2D eigenvalue weighted by Gasteiger charge is -2.42. The van der Waals surface area contributed by atoms with Gasteiger partial charge in [-0.3, -0.25) is 4.79 Å². The van der Waals surface area contributed by atoms with E-state index in [1.165, 1.54) is 0 Å². The Bertz CT molecular complexity index is 515. The van der Waals surface area contributed by atoms with Gasteiger partial charge in [-0.25, -0.2) is 0 Å². The van der Waals surface area contributed by atoms with E-state index in [9.17, 15) is 4.79 Å². The number of halogens is 2. The highest BCUT2D eigenvalue weighted by Gasteiger charge is 2.33. The summed E-state index contributed by atoms with van der Waals surface area (Å²) < 4.78 is 0. The first-order valence-corrected chi connectivity index (χ1v) is 8.75. The first-order valence-electron chi connectivity index (χ1n) is 8.75. The van der Waals surface area contributed by atoms with Crippen LogP contribution in [0.5, 0.6) is 0 Å². The van der Waals surface area contributed by atoms with Crippen molar-refractivity contribution in [2.24, 2.45) is 17.6 Å². The van der Waals surface area contributed by atoms with Gasteiger partial charge in [0.25, 0.3) is 0 Å². The van der Waals surface area contributed by atoms with E-state index in [1.807, 2.05) is 49.2 Å². The number of nitrogens with two attached hydrogens (primary N) is 1. The van der Waals surface area contributed by atoms with E-state index in [1.54, 1.807) is 0 Å². The summed E-state index contributed by atoms with van der Waals surface area (Å²) in [6.07, 6.45) is 1.05. The molecule has 4 atom stereocenters. The number of rotatable bonds is 5. The Balaban J connectivity index is 0.00000288. The van der Waals surface area contributed by atoms with Crippen LogP contribution in [0.3, 0.4) is 0 Å². The van der Waals surface area contributed by atoms with Crippen molar-refractivity contribution >= 4 is 30.7 Å². The minimum atomic E-state index is -0.253. The van der Waals surface area contributed by atoms with E-state index in [0.717, 1.165) is 31.6 Å². The number of carbonyl (C=O) groups is 1. The molecule has 1 saturated heterocycles. The maximum absolute atomic E-state index is 12.9. The number of amides is 1. The van der Waals surface area contributed by atoms with Crippen LogP contribution in [-0.4, -0.2) is 48.4 Å². The van der Waals surface area contributed by atoms with Crippen molar-refractivity contribution in [3.8, 4) is 0 Å². The molecule has 2 rings (SSSR count). The SMILES string of the molecule is CCN1CCC(N(C)C(=O)C(C)C(N)c2ccccc2)C(C)C1.Cl.Cl. The molecular weight excluding hydrogens is 357 g/mol. The largest absolute Gasteiger partial charge is 0.342 e. The molecule has 144 valence electrons. The molecule has 25 heavy (non-hydrogen) atoms. The monoisotopic (exact) mass is 389 g/mol. The zero-order valence-electron chi connectivity index (χ0n) is 15.7. The molecule has 1 aromatic carbocycles. The molecule has 0 spiro atoms. The van der Waals surface area contributed by atoms with Crippen molar-refractivity contribution in [3.05, 3.63) is 35.9 Å². The van der Waals surface area contributed by atoms with E-state index < -0.39 is 0 Å². The van der Waals surface area contributed by atoms with Crippen molar-refractivity contribution in [1.82, 2.24) is 9.80 Å². The standard InChI is InChI=1S/C19H31N3O.2ClH/c1-5-22-12-11-17(14(2)13-22)21(4)19(23)15(3)18(20)16-9-7-6-8-10-16;;/h6-10,14-15,17-18H,5,11-13,20H2,1-4H3;2*1H. The van der Waals surface area contributed by atoms with Gasteiger partial charge < -0.3 is 15.5 Å². The van der Waals surface area contributed by atoms with Crippen LogP contribution in [0.2, 0.25) is 0 Å². The number of benzene rings is 1. The summed E-state index contributed by atoms with van der Waals surface area (Å²) in [4.78, 5) is 17.3. The van der Waals surface area contributed by atoms with Crippen LogP contribution in [0, 0.1) is 11.8 Å². The molecule has 0 aliphatic carbocycles. The molecule has 6 heteroatoms. The van der Waals surface area contributed by atoms with Gasteiger partial charge in [0.2, 0.25) is 5.91 Å². The van der Waals surface area contributed by atoms with Gasteiger partial charge in [0.1, 0.15) is 0 Å². The van der Waals surface area contributed by atoms with Gasteiger partial charge in [0.05, 0.1) is 5.92 Å². The lowest BCUT2D eigenvalue weighted by atomic mass is 9.89. The predicted molar refractivity (Wildman–Crippen MR) is 109 cm³/mol. The maximum atomic E-state index is 12.9. The molecule has 0 saturated carbocycles. The molecule has 0 bridgehead atoms. The first kappa shape index (κ1) is 24.2. The average Bonchev–Trinajstić information content (AvgIpc) is 2.59. The molecule has 4 nitrogen and oxygen atoms in total. The van der Waals surface area contributed by atoms with Gasteiger partial charge in [-0.15, -0.1) is 24.8 Å². The van der Waals surface area contributed by atoms with Crippen LogP contribution >= 0.6 is 24.8 Å². The lowest BCUT2D eigenvalue weighted by molar-refractivity contribution is -0.138. The second-order valence-electron chi connectivity index (χ2n) is 6.90. The van der Waals surface area contributed by atoms with Crippen LogP contribution < -0.4 is 5.73 Å². The third-order valence-corrected chi connectivity index (χ3v) is 5.35. The molecule has 1 aliphatic rings. The molecule has 1 fully saturated rings. The van der Waals surface area contributed by atoms with Crippen LogP contribution in [0.4, 0.5) is 0 Å². The van der Waals surface area contributed by atoms with E-state index >= 15 is 0 Å². The van der Waals surface area contributed by atoms with Crippen LogP contribution in [0.1, 0.15) is 38.8 Å². The Morgan fingerprint density at radius 1 is 1.32 bits per heavy atom. The summed E-state index contributed by atoms with van der Waals surface area (Å²) in [5.74, 6) is 0.444. The Morgan fingerprint density at radius 3 is 2.44 bits per heavy atom. The predicted octanol–water partition coefficient (Wildman–Crippen LogP) is 3.35. The van der Waals surface area contributed by atoms with Gasteiger partial charge in [0.15, 0.2) is 0 Å². The topological polar surface area (TPSA) is 49.6 Å². The maximum Gasteiger partial charge on any atom is 0.227 e. The minimum Gasteiger partial charge on any atom is -0.342 e. The summed E-state index contributed by atoms with van der Waals surface area (Å²) in [5, 5.41) is 0. The molecule has 1 aliphatic heterocycles. The highest BCUT2D eigenvalue weighted by Crippen LogP contribution is 2.26. The van der Waals surface area contributed by atoms with E-state index in [4.69, 9.17) is 5.73 Å². The molecule has 1 aromatic rings. The molecule has 2 N–H and O–H groups in total. The summed E-state index contributed by atoms with van der Waals surface area (Å²) in [7, 11) is 1.94. The molecule has 0 radical (unpaired) electrons.